The maximum atomic E-state index is 14.5. The van der Waals surface area contributed by atoms with Gasteiger partial charge in [-0.05, 0) is 63.9 Å². The lowest BCUT2D eigenvalue weighted by atomic mass is 9.95. The molecule has 10 rings (SSSR count). The minimum absolute atomic E-state index is 0.0122. The third-order valence-corrected chi connectivity index (χ3v) is 18.7. The van der Waals surface area contributed by atoms with Crippen LogP contribution >= 0.6 is 23.2 Å². The summed E-state index contributed by atoms with van der Waals surface area (Å²) in [5.41, 5.74) is 3.76. The van der Waals surface area contributed by atoms with Crippen LogP contribution in [0.25, 0.3) is 33.7 Å². The highest BCUT2D eigenvalue weighted by Crippen LogP contribution is 2.47. The molecule has 0 radical (unpaired) electrons. The van der Waals surface area contributed by atoms with Crippen LogP contribution in [0, 0.1) is 0 Å². The number of hydrogen-bond donors (Lipinski definition) is 9. The average molecular weight is 1490 g/mol. The summed E-state index contributed by atoms with van der Waals surface area (Å²) >= 11 is 13.2. The number of hydrogen-bond acceptors (Lipinski definition) is 25. The predicted octanol–water partition coefficient (Wildman–Crippen LogP) is 2.04. The molecule has 5 aliphatic rings. The summed E-state index contributed by atoms with van der Waals surface area (Å²) in [7, 11) is 0. The fourth-order valence-corrected chi connectivity index (χ4v) is 13.1. The topological polar surface area (TPSA) is 380 Å². The summed E-state index contributed by atoms with van der Waals surface area (Å²) in [5, 5.41) is 88.5. The molecule has 0 aliphatic carbocycles. The molecular formula is C73H88Cl2N4O25. The minimum Gasteiger partial charge on any atom is -0.491 e. The van der Waals surface area contributed by atoms with Crippen LogP contribution in [0.5, 0.6) is 17.2 Å². The number of imide groups is 1. The molecule has 0 saturated carbocycles. The number of anilines is 2. The van der Waals surface area contributed by atoms with Crippen molar-refractivity contribution in [2.45, 2.75) is 79.7 Å². The average Bonchev–Trinajstić information content (AvgIpc) is 1.56. The molecule has 5 amide bonds. The van der Waals surface area contributed by atoms with Gasteiger partial charge in [0.05, 0.1) is 111 Å². The Morgan fingerprint density at radius 1 is 0.500 bits per heavy atom. The maximum Gasteiger partial charge on any atom is 0.253 e. The van der Waals surface area contributed by atoms with E-state index < -0.39 is 92.3 Å². The number of fused-ring (bicyclic) bond motifs is 6. The number of nitrogens with zero attached hydrogens (tertiary/aromatic N) is 3. The van der Waals surface area contributed by atoms with Crippen LogP contribution in [0.1, 0.15) is 40.5 Å². The summed E-state index contributed by atoms with van der Waals surface area (Å²) in [5.74, 6) is -1.34. The van der Waals surface area contributed by atoms with E-state index >= 15 is 0 Å². The van der Waals surface area contributed by atoms with E-state index in [4.69, 9.17) is 80.0 Å². The summed E-state index contributed by atoms with van der Waals surface area (Å²) in [6, 6.07) is 22.9. The SMILES string of the molecule is O=C(CCN1C(=O)C=CC1=O)NCCOCCOCCOCCOCCOCCOCCOCCOc1cc(/C=C/C(=O)N2C[C@@H](CCl)c3c2ccc2c(O[C@@H]4O[C@H](CO)[C@H](O)[C@H](O)[C@H]4O)cccc32)ccc1/C=C/C(=O)N1C[C@@H](CCl)c2c1cc(O[C@@H]1O[C@H](CO)[C@H](O)[C@H](O)[C@H]1O)c1ccccc21. The second-order valence-electron chi connectivity index (χ2n) is 24.8. The molecule has 2 saturated heterocycles. The lowest BCUT2D eigenvalue weighted by Crippen LogP contribution is -2.60. The number of carbonyl (C=O) groups is 5. The molecule has 2 fully saturated rings. The van der Waals surface area contributed by atoms with Gasteiger partial charge in [-0.3, -0.25) is 28.9 Å². The van der Waals surface area contributed by atoms with Crippen molar-refractivity contribution in [3.63, 3.8) is 0 Å². The van der Waals surface area contributed by atoms with Gasteiger partial charge in [-0.25, -0.2) is 0 Å². The number of amides is 5. The van der Waals surface area contributed by atoms with Crippen molar-refractivity contribution in [3.05, 3.63) is 125 Å². The molecule has 0 spiro atoms. The molecule has 0 aromatic heterocycles. The largest absolute Gasteiger partial charge is 0.491 e. The number of aliphatic hydroxyl groups is 8. The third-order valence-electron chi connectivity index (χ3n) is 18.0. The number of nitrogens with one attached hydrogen (secondary N) is 1. The Kier molecular flexibility index (Phi) is 30.0. The fourth-order valence-electron chi connectivity index (χ4n) is 12.6. The monoisotopic (exact) mass is 1490 g/mol. The second kappa shape index (κ2) is 39.3. The van der Waals surface area contributed by atoms with Crippen molar-refractivity contribution in [2.75, 3.05) is 160 Å². The first kappa shape index (κ1) is 79.3. The third kappa shape index (κ3) is 20.0. The molecule has 564 valence electrons. The summed E-state index contributed by atoms with van der Waals surface area (Å²) in [4.78, 5) is 68.2. The van der Waals surface area contributed by atoms with Crippen LogP contribution in [-0.4, -0.2) is 287 Å². The number of aliphatic hydroxyl groups excluding tert-OH is 8. The number of halogens is 2. The maximum absolute atomic E-state index is 14.5. The van der Waals surface area contributed by atoms with E-state index in [0.717, 1.165) is 26.8 Å². The smallest absolute Gasteiger partial charge is 0.253 e. The van der Waals surface area contributed by atoms with E-state index in [1.807, 2.05) is 18.2 Å². The molecule has 0 unspecified atom stereocenters. The van der Waals surface area contributed by atoms with Crippen LogP contribution in [0.2, 0.25) is 0 Å². The Bertz CT molecular complexity index is 3790. The van der Waals surface area contributed by atoms with Crippen molar-refractivity contribution in [2.24, 2.45) is 0 Å². The van der Waals surface area contributed by atoms with Gasteiger partial charge in [-0.2, -0.15) is 0 Å². The van der Waals surface area contributed by atoms with E-state index in [0.29, 0.717) is 105 Å². The highest BCUT2D eigenvalue weighted by atomic mass is 35.5. The fraction of sp³-hybridized carbons (Fsp3) is 0.493. The number of carbonyl (C=O) groups excluding carboxylic acids is 5. The van der Waals surface area contributed by atoms with Crippen LogP contribution in [-0.2, 0) is 66.6 Å². The van der Waals surface area contributed by atoms with E-state index in [2.05, 4.69) is 5.32 Å². The van der Waals surface area contributed by atoms with Crippen molar-refractivity contribution in [3.8, 4) is 17.2 Å². The van der Waals surface area contributed by atoms with Gasteiger partial charge in [-0.15, -0.1) is 23.2 Å². The van der Waals surface area contributed by atoms with Crippen molar-refractivity contribution >= 4 is 97.8 Å². The number of rotatable bonds is 40. The first-order valence-corrected chi connectivity index (χ1v) is 35.4. The molecular weight excluding hydrogens is 1400 g/mol. The Labute approximate surface area is 609 Å². The Balaban J connectivity index is 0.705. The van der Waals surface area contributed by atoms with Gasteiger partial charge in [0.15, 0.2) is 0 Å². The van der Waals surface area contributed by atoms with Crippen LogP contribution in [0.3, 0.4) is 0 Å². The number of ether oxygens (including phenoxy) is 12. The standard InChI is InChI=1S/C73H88Cl2N4O25/c74-38-46-40-78(52-13-12-49-51(64(46)52)6-3-7-54(49)101-72-70(91)68(89)66(87)57(42-80)103-72)62(85)14-9-44-8-10-45(11-15-63(86)79-41-47(39-75)65-50-5-2-1-4-48(50)56(37-53(65)79)102-73-71(92)69(90)67(88)58(43-81)104-73)55(36-44)100-35-34-99-33-32-98-31-30-97-29-28-96-27-26-95-25-24-94-23-22-93-21-19-76-59(82)18-20-77-60(83)16-17-61(77)84/h1-17,36-37,46-47,57-58,66-73,80-81,87-92H,18-35,38-43H2,(H,76,82)/b14-9+,15-11+/t46-,47-,57-,58-,66+,67+,68+,69+,70-,71-,72-,73-/m1/s1. The molecule has 104 heavy (non-hydrogen) atoms. The summed E-state index contributed by atoms with van der Waals surface area (Å²) in [6.07, 6.45) is -6.71. The summed E-state index contributed by atoms with van der Waals surface area (Å²) in [6.45, 7) is 4.04. The lowest BCUT2D eigenvalue weighted by molar-refractivity contribution is -0.277. The normalized spacial score (nSPS) is 23.8. The van der Waals surface area contributed by atoms with E-state index in [9.17, 15) is 64.8 Å². The molecule has 29 nitrogen and oxygen atoms in total. The zero-order valence-corrected chi connectivity index (χ0v) is 58.5. The van der Waals surface area contributed by atoms with E-state index in [-0.39, 0.29) is 113 Å². The lowest BCUT2D eigenvalue weighted by Gasteiger charge is -2.39. The molecule has 12 atom stereocenters. The van der Waals surface area contributed by atoms with Crippen LogP contribution in [0.4, 0.5) is 11.4 Å². The van der Waals surface area contributed by atoms with Crippen molar-refractivity contribution in [1.29, 1.82) is 0 Å². The first-order chi connectivity index (χ1) is 50.5. The minimum atomic E-state index is -1.69. The van der Waals surface area contributed by atoms with Crippen LogP contribution in [0.15, 0.2) is 103 Å². The molecule has 9 N–H and O–H groups in total. The van der Waals surface area contributed by atoms with Gasteiger partial charge < -0.3 is 113 Å². The van der Waals surface area contributed by atoms with Gasteiger partial charge in [-0.1, -0.05) is 48.5 Å². The molecule has 31 heteroatoms. The number of alkyl halides is 2. The molecule has 5 aliphatic heterocycles. The van der Waals surface area contributed by atoms with E-state index in [1.165, 1.54) is 24.3 Å². The molecule has 5 heterocycles. The number of benzene rings is 5. The Morgan fingerprint density at radius 2 is 0.971 bits per heavy atom. The molecule has 0 bridgehead atoms. The van der Waals surface area contributed by atoms with Crippen LogP contribution < -0.4 is 29.3 Å². The van der Waals surface area contributed by atoms with Gasteiger partial charge in [0.1, 0.15) is 72.7 Å². The van der Waals surface area contributed by atoms with Crippen molar-refractivity contribution < 1.29 is 122 Å². The summed E-state index contributed by atoms with van der Waals surface area (Å²) < 4.78 is 69.2. The zero-order chi connectivity index (χ0) is 73.7. The van der Waals surface area contributed by atoms with Gasteiger partial charge in [0.25, 0.3) is 23.6 Å². The molecule has 5 aromatic rings. The zero-order valence-electron chi connectivity index (χ0n) is 57.0. The van der Waals surface area contributed by atoms with Gasteiger partial charge in [0.2, 0.25) is 18.5 Å². The highest BCUT2D eigenvalue weighted by Gasteiger charge is 2.47. The second-order valence-corrected chi connectivity index (χ2v) is 25.4. The Morgan fingerprint density at radius 3 is 1.51 bits per heavy atom. The van der Waals surface area contributed by atoms with Gasteiger partial charge in [0, 0.05) is 109 Å². The van der Waals surface area contributed by atoms with Crippen molar-refractivity contribution in [1.82, 2.24) is 10.2 Å². The molecule has 5 aromatic carbocycles. The quantitative estimate of drug-likeness (QED) is 0.0117. The first-order valence-electron chi connectivity index (χ1n) is 34.3. The highest BCUT2D eigenvalue weighted by molar-refractivity contribution is 6.20. The van der Waals surface area contributed by atoms with Gasteiger partial charge >= 0.3 is 0 Å². The van der Waals surface area contributed by atoms with E-state index in [1.54, 1.807) is 82.6 Å². The Hall–Kier alpha value is -7.31. The predicted molar refractivity (Wildman–Crippen MR) is 378 cm³/mol.